The minimum absolute atomic E-state index is 0.0243. The van der Waals surface area contributed by atoms with E-state index >= 15 is 0 Å². The molecule has 3 atom stereocenters. The zero-order chi connectivity index (χ0) is 27.5. The minimum Gasteiger partial charge on any atom is -0.465 e. The quantitative estimate of drug-likeness (QED) is 0.310. The Morgan fingerprint density at radius 3 is 2.28 bits per heavy atom. The number of allylic oxidation sites excluding steroid dienone is 2. The van der Waals surface area contributed by atoms with Crippen LogP contribution in [0.2, 0.25) is 5.02 Å². The zero-order valence-corrected chi connectivity index (χ0v) is 23.3. The Kier molecular flexibility index (Phi) is 7.99. The van der Waals surface area contributed by atoms with Gasteiger partial charge in [0.15, 0.2) is 5.78 Å². The molecule has 0 radical (unpaired) electrons. The molecular formula is C33H33ClN2O3. The van der Waals surface area contributed by atoms with Gasteiger partial charge in [0.05, 0.1) is 6.61 Å². The van der Waals surface area contributed by atoms with Gasteiger partial charge in [0, 0.05) is 60.5 Å². The third-order valence-corrected chi connectivity index (χ3v) is 7.98. The summed E-state index contributed by atoms with van der Waals surface area (Å²) in [6.45, 7) is 2.15. The van der Waals surface area contributed by atoms with Crippen molar-refractivity contribution in [1.29, 1.82) is 0 Å². The average molecular weight is 541 g/mol. The monoisotopic (exact) mass is 540 g/mol. The summed E-state index contributed by atoms with van der Waals surface area (Å²) in [5, 5.41) is 0.669. The maximum atomic E-state index is 13.8. The first-order chi connectivity index (χ1) is 18.8. The SMILES string of the molecule is CC1=NC2=C(C(=O)C[C@@H](c3ccc(Cl)cc3)C2)[C@@H](c2ccc(N(C)C)cc2)C1C(=O)OCCc1ccccc1. The summed E-state index contributed by atoms with van der Waals surface area (Å²) in [6.07, 6.45) is 1.65. The Morgan fingerprint density at radius 1 is 0.949 bits per heavy atom. The van der Waals surface area contributed by atoms with Crippen LogP contribution < -0.4 is 4.90 Å². The van der Waals surface area contributed by atoms with Gasteiger partial charge in [-0.1, -0.05) is 66.2 Å². The van der Waals surface area contributed by atoms with E-state index < -0.39 is 11.8 Å². The Labute approximate surface area is 235 Å². The average Bonchev–Trinajstić information content (AvgIpc) is 2.93. The molecule has 1 heterocycles. The van der Waals surface area contributed by atoms with Crippen molar-refractivity contribution in [2.24, 2.45) is 10.9 Å². The summed E-state index contributed by atoms with van der Waals surface area (Å²) in [5.41, 5.74) is 6.26. The minimum atomic E-state index is -0.652. The number of Topliss-reactive ketones (excluding diaryl/α,β-unsaturated/α-hetero) is 1. The molecule has 0 spiro atoms. The summed E-state index contributed by atoms with van der Waals surface area (Å²) in [5.74, 6) is -1.36. The molecule has 1 aliphatic heterocycles. The number of halogens is 1. The molecule has 1 aliphatic carbocycles. The van der Waals surface area contributed by atoms with E-state index in [0.717, 1.165) is 28.1 Å². The standard InChI is InChI=1S/C33H33ClN2O3/c1-21-30(33(38)39-18-17-22-7-5-4-6-8-22)31(24-11-15-27(16-12-24)36(2)3)32-28(35-21)19-25(20-29(32)37)23-9-13-26(34)14-10-23/h4-16,25,30-31H,17-20H2,1-3H3/t25-,30?,31-/m0/s1. The fourth-order valence-electron chi connectivity index (χ4n) is 5.68. The summed E-state index contributed by atoms with van der Waals surface area (Å²) < 4.78 is 5.81. The van der Waals surface area contributed by atoms with Crippen LogP contribution in [-0.4, -0.2) is 38.2 Å². The van der Waals surface area contributed by atoms with Gasteiger partial charge in [-0.05, 0) is 60.2 Å². The number of carbonyl (C=O) groups is 2. The van der Waals surface area contributed by atoms with Crippen molar-refractivity contribution in [3.8, 4) is 0 Å². The van der Waals surface area contributed by atoms with Crippen LogP contribution >= 0.6 is 11.6 Å². The molecule has 3 aromatic rings. The van der Waals surface area contributed by atoms with Gasteiger partial charge >= 0.3 is 5.97 Å². The molecule has 0 fully saturated rings. The Bertz CT molecular complexity index is 1410. The molecule has 0 bridgehead atoms. The lowest BCUT2D eigenvalue weighted by atomic mass is 9.69. The number of anilines is 1. The molecule has 2 aliphatic rings. The largest absolute Gasteiger partial charge is 0.465 e. The zero-order valence-electron chi connectivity index (χ0n) is 22.6. The van der Waals surface area contributed by atoms with E-state index in [1.54, 1.807) is 0 Å². The van der Waals surface area contributed by atoms with Gasteiger partial charge < -0.3 is 9.64 Å². The molecule has 200 valence electrons. The number of ketones is 1. The molecule has 39 heavy (non-hydrogen) atoms. The number of nitrogens with zero attached hydrogens (tertiary/aromatic N) is 2. The van der Waals surface area contributed by atoms with Gasteiger partial charge in [0.2, 0.25) is 0 Å². The van der Waals surface area contributed by atoms with E-state index in [0.29, 0.717) is 35.6 Å². The van der Waals surface area contributed by atoms with Gasteiger partial charge in [-0.2, -0.15) is 0 Å². The van der Waals surface area contributed by atoms with E-state index in [2.05, 4.69) is 0 Å². The van der Waals surface area contributed by atoms with Crippen LogP contribution in [0.15, 0.2) is 95.1 Å². The van der Waals surface area contributed by atoms with Crippen LogP contribution in [0, 0.1) is 5.92 Å². The molecule has 5 rings (SSSR count). The lowest BCUT2D eigenvalue weighted by Crippen LogP contribution is -2.38. The number of benzene rings is 3. The summed E-state index contributed by atoms with van der Waals surface area (Å²) in [4.78, 5) is 34.3. The first-order valence-electron chi connectivity index (χ1n) is 13.4. The lowest BCUT2D eigenvalue weighted by Gasteiger charge is -2.36. The number of carbonyl (C=O) groups excluding carboxylic acids is 2. The number of hydrogen-bond acceptors (Lipinski definition) is 5. The number of ether oxygens (including phenoxy) is 1. The number of aliphatic imine (C=N–C) groups is 1. The Hall–Kier alpha value is -3.70. The first-order valence-corrected chi connectivity index (χ1v) is 13.7. The third kappa shape index (κ3) is 5.84. The summed E-state index contributed by atoms with van der Waals surface area (Å²) in [6, 6.07) is 25.7. The molecule has 6 heteroatoms. The smallest absolute Gasteiger partial charge is 0.315 e. The summed E-state index contributed by atoms with van der Waals surface area (Å²) >= 11 is 6.10. The molecule has 0 N–H and O–H groups in total. The van der Waals surface area contributed by atoms with Crippen LogP contribution in [0.5, 0.6) is 0 Å². The molecule has 0 saturated carbocycles. The fourth-order valence-corrected chi connectivity index (χ4v) is 5.81. The Morgan fingerprint density at radius 2 is 1.62 bits per heavy atom. The van der Waals surface area contributed by atoms with Gasteiger partial charge in [-0.3, -0.25) is 14.6 Å². The van der Waals surface area contributed by atoms with Crippen molar-refractivity contribution in [3.63, 3.8) is 0 Å². The Balaban J connectivity index is 1.47. The van der Waals surface area contributed by atoms with E-state index in [-0.39, 0.29) is 24.3 Å². The lowest BCUT2D eigenvalue weighted by molar-refractivity contribution is -0.146. The number of esters is 1. The van der Waals surface area contributed by atoms with Crippen molar-refractivity contribution in [2.45, 2.75) is 38.0 Å². The molecule has 5 nitrogen and oxygen atoms in total. The van der Waals surface area contributed by atoms with Crippen molar-refractivity contribution in [3.05, 3.63) is 112 Å². The van der Waals surface area contributed by atoms with Crippen molar-refractivity contribution in [1.82, 2.24) is 0 Å². The van der Waals surface area contributed by atoms with Crippen LogP contribution in [0.25, 0.3) is 0 Å². The molecule has 0 amide bonds. The third-order valence-electron chi connectivity index (χ3n) is 7.73. The molecule has 0 aromatic heterocycles. The predicted octanol–water partition coefficient (Wildman–Crippen LogP) is 6.77. The predicted molar refractivity (Wildman–Crippen MR) is 157 cm³/mol. The highest BCUT2D eigenvalue weighted by atomic mass is 35.5. The second-order valence-corrected chi connectivity index (χ2v) is 11.0. The topological polar surface area (TPSA) is 59.0 Å². The van der Waals surface area contributed by atoms with Crippen molar-refractivity contribution >= 4 is 34.8 Å². The number of rotatable bonds is 7. The highest BCUT2D eigenvalue weighted by Gasteiger charge is 2.44. The van der Waals surface area contributed by atoms with Crippen LogP contribution in [-0.2, 0) is 20.7 Å². The maximum absolute atomic E-state index is 13.8. The van der Waals surface area contributed by atoms with Crippen LogP contribution in [0.3, 0.4) is 0 Å². The second-order valence-electron chi connectivity index (χ2n) is 10.5. The number of hydrogen-bond donors (Lipinski definition) is 0. The molecule has 3 aromatic carbocycles. The van der Waals surface area contributed by atoms with E-state index in [9.17, 15) is 9.59 Å². The maximum Gasteiger partial charge on any atom is 0.315 e. The van der Waals surface area contributed by atoms with Crippen LogP contribution in [0.1, 0.15) is 48.3 Å². The highest BCUT2D eigenvalue weighted by Crippen LogP contribution is 2.47. The molecule has 1 unspecified atom stereocenters. The molecule has 0 saturated heterocycles. The van der Waals surface area contributed by atoms with Gasteiger partial charge in [-0.25, -0.2) is 0 Å². The van der Waals surface area contributed by atoms with E-state index in [1.807, 2.05) is 105 Å². The van der Waals surface area contributed by atoms with Gasteiger partial charge in [-0.15, -0.1) is 0 Å². The molecular weight excluding hydrogens is 508 g/mol. The van der Waals surface area contributed by atoms with Crippen molar-refractivity contribution in [2.75, 3.05) is 25.6 Å². The second kappa shape index (κ2) is 11.6. The van der Waals surface area contributed by atoms with E-state index in [1.165, 1.54) is 0 Å². The highest BCUT2D eigenvalue weighted by molar-refractivity contribution is 6.30. The summed E-state index contributed by atoms with van der Waals surface area (Å²) in [7, 11) is 3.98. The van der Waals surface area contributed by atoms with Crippen molar-refractivity contribution < 1.29 is 14.3 Å². The normalized spacial score (nSPS) is 20.8. The van der Waals surface area contributed by atoms with Gasteiger partial charge in [0.25, 0.3) is 0 Å². The first kappa shape index (κ1) is 26.9. The van der Waals surface area contributed by atoms with Gasteiger partial charge in [0.1, 0.15) is 5.92 Å². The van der Waals surface area contributed by atoms with E-state index in [4.69, 9.17) is 21.3 Å². The fraction of sp³-hybridized carbons (Fsp3) is 0.303. The van der Waals surface area contributed by atoms with Crippen LogP contribution in [0.4, 0.5) is 5.69 Å².